The molecule has 0 aliphatic rings. The lowest BCUT2D eigenvalue weighted by molar-refractivity contribution is 0.609. The van der Waals surface area contributed by atoms with E-state index in [2.05, 4.69) is 49.0 Å². The van der Waals surface area contributed by atoms with Crippen molar-refractivity contribution >= 4 is 70.5 Å². The quantitative estimate of drug-likeness (QED) is 0.335. The molecule has 2 rings (SSSR count). The first kappa shape index (κ1) is 18.8. The van der Waals surface area contributed by atoms with E-state index >= 15 is 0 Å². The Morgan fingerprint density at radius 3 is 2.48 bits per heavy atom. The number of anilines is 1. The number of fused-ring (bicyclic) bond motifs is 1. The van der Waals surface area contributed by atoms with Gasteiger partial charge in [0.2, 0.25) is 0 Å². The van der Waals surface area contributed by atoms with Crippen molar-refractivity contribution in [1.29, 1.82) is 0 Å². The van der Waals surface area contributed by atoms with Gasteiger partial charge < -0.3 is 4.31 Å². The fourth-order valence-corrected chi connectivity index (χ4v) is 4.58. The lowest BCUT2D eigenvalue weighted by Crippen LogP contribution is -2.25. The third kappa shape index (κ3) is 4.12. The van der Waals surface area contributed by atoms with Crippen molar-refractivity contribution in [3.63, 3.8) is 0 Å². The highest BCUT2D eigenvalue weighted by Gasteiger charge is 2.18. The van der Waals surface area contributed by atoms with Gasteiger partial charge in [-0.15, -0.1) is 0 Å². The maximum Gasteiger partial charge on any atom is 0.0655 e. The van der Waals surface area contributed by atoms with Gasteiger partial charge in [-0.3, -0.25) is 4.72 Å². The van der Waals surface area contributed by atoms with Crippen molar-refractivity contribution in [2.75, 3.05) is 24.4 Å². The van der Waals surface area contributed by atoms with Crippen LogP contribution >= 0.6 is 38.4 Å². The molecule has 1 unspecified atom stereocenters. The summed E-state index contributed by atoms with van der Waals surface area (Å²) >= 11 is 12.7. The van der Waals surface area contributed by atoms with Crippen molar-refractivity contribution in [3.8, 4) is 0 Å². The third-order valence-electron chi connectivity index (χ3n) is 3.53. The van der Waals surface area contributed by atoms with Crippen molar-refractivity contribution in [3.05, 3.63) is 36.4 Å². The number of nitrogens with zero attached hydrogens (tertiary/aromatic N) is 2. The summed E-state index contributed by atoms with van der Waals surface area (Å²) in [4.78, 5) is 0.681. The van der Waals surface area contributed by atoms with Crippen molar-refractivity contribution in [2.45, 2.75) is 11.3 Å². The molecule has 0 amide bonds. The van der Waals surface area contributed by atoms with E-state index in [1.54, 1.807) is 4.31 Å². The van der Waals surface area contributed by atoms with Crippen LogP contribution in [0.25, 0.3) is 10.8 Å². The molecule has 1 N–H and O–H groups in total. The number of hydrogen-bond acceptors (Lipinski definition) is 6. The molecule has 0 heterocycles. The first-order valence-corrected chi connectivity index (χ1v) is 9.98. The largest absolute Gasteiger partial charge is 0.321 e. The molecule has 0 aliphatic carbocycles. The molecular weight excluding hydrogens is 366 g/mol. The highest BCUT2D eigenvalue weighted by molar-refractivity contribution is 8.06. The zero-order valence-corrected chi connectivity index (χ0v) is 16.3. The van der Waals surface area contributed by atoms with Gasteiger partial charge in [0.1, 0.15) is 0 Å². The summed E-state index contributed by atoms with van der Waals surface area (Å²) in [5.41, 5.74) is 0.952. The molecule has 2 aromatic carbocycles. The average molecular weight is 388 g/mol. The minimum absolute atomic E-state index is 0.543. The van der Waals surface area contributed by atoms with Gasteiger partial charge in [-0.25, -0.2) is 4.21 Å². The Kier molecular flexibility index (Phi) is 6.58. The zero-order valence-electron chi connectivity index (χ0n) is 12.8. The number of hydrogen-bond donors (Lipinski definition) is 4. The minimum Gasteiger partial charge on any atom is -0.321 e. The summed E-state index contributed by atoms with van der Waals surface area (Å²) in [5.74, 6) is 3.95. The lowest BCUT2D eigenvalue weighted by Gasteiger charge is -2.23. The molecule has 23 heavy (non-hydrogen) atoms. The molecule has 0 fully saturated rings. The van der Waals surface area contributed by atoms with Gasteiger partial charge in [0.05, 0.1) is 20.3 Å². The van der Waals surface area contributed by atoms with Crippen LogP contribution in [0.15, 0.2) is 41.3 Å². The van der Waals surface area contributed by atoms with E-state index in [9.17, 15) is 4.21 Å². The van der Waals surface area contributed by atoms with Gasteiger partial charge >= 0.3 is 0 Å². The summed E-state index contributed by atoms with van der Waals surface area (Å²) in [6.07, 6.45) is 0.773. The topological polar surface area (TPSA) is 35.6 Å². The lowest BCUT2D eigenvalue weighted by atomic mass is 10.1. The molecule has 0 aromatic heterocycles. The fourth-order valence-electron chi connectivity index (χ4n) is 2.38. The zero-order chi connectivity index (χ0) is 17.0. The Morgan fingerprint density at radius 1 is 1.17 bits per heavy atom. The average Bonchev–Trinajstić information content (AvgIpc) is 2.53. The maximum absolute atomic E-state index is 13.2. The summed E-state index contributed by atoms with van der Waals surface area (Å²) in [6, 6.07) is 11.6. The molecule has 0 saturated heterocycles. The molecule has 126 valence electrons. The summed E-state index contributed by atoms with van der Waals surface area (Å²) < 4.78 is 19.3. The fraction of sp³-hybridized carbons (Fsp3) is 0.267. The van der Waals surface area contributed by atoms with Crippen LogP contribution in [0.1, 0.15) is 6.42 Å². The Hall–Kier alpha value is -0.510. The second-order valence-corrected chi connectivity index (χ2v) is 8.96. The molecule has 0 aliphatic heterocycles. The molecular formula is C15H21N3OS4. The molecule has 1 atom stereocenters. The first-order chi connectivity index (χ1) is 10.9. The van der Waals surface area contributed by atoms with E-state index in [-0.39, 0.29) is 0 Å². The van der Waals surface area contributed by atoms with E-state index in [4.69, 9.17) is 0 Å². The predicted octanol–water partition coefficient (Wildman–Crippen LogP) is 3.08. The molecule has 4 nitrogen and oxygen atoms in total. The van der Waals surface area contributed by atoms with Crippen LogP contribution < -0.4 is 9.03 Å². The highest BCUT2D eigenvalue weighted by Crippen LogP contribution is 2.32. The summed E-state index contributed by atoms with van der Waals surface area (Å²) in [5, 5.41) is 1.88. The molecule has 0 radical (unpaired) electrons. The van der Waals surface area contributed by atoms with Crippen LogP contribution in [-0.2, 0) is 9.71 Å². The molecule has 8 heteroatoms. The van der Waals surface area contributed by atoms with E-state index in [1.165, 1.54) is 3.71 Å². The number of rotatable bonds is 7. The number of benzene rings is 2. The molecule has 2 aromatic rings. The Bertz CT molecular complexity index is 777. The highest BCUT2D eigenvalue weighted by atomic mass is 32.3. The second-order valence-electron chi connectivity index (χ2n) is 5.13. The van der Waals surface area contributed by atoms with Crippen LogP contribution in [-0.4, -0.2) is 33.9 Å². The van der Waals surface area contributed by atoms with Gasteiger partial charge in [0.25, 0.3) is 0 Å². The Morgan fingerprint density at radius 2 is 1.83 bits per heavy atom. The van der Waals surface area contributed by atoms with Gasteiger partial charge in [-0.05, 0) is 24.4 Å². The van der Waals surface area contributed by atoms with Crippen molar-refractivity contribution < 1.29 is 4.21 Å². The monoisotopic (exact) mass is 387 g/mol. The molecule has 0 saturated carbocycles. The summed E-state index contributed by atoms with van der Waals surface area (Å²) in [6.45, 7) is 1.25. The second kappa shape index (κ2) is 8.04. The smallest absolute Gasteiger partial charge is 0.0655 e. The first-order valence-electron chi connectivity index (χ1n) is 7.04. The van der Waals surface area contributed by atoms with Crippen LogP contribution in [0, 0.1) is 0 Å². The van der Waals surface area contributed by atoms with Crippen molar-refractivity contribution in [1.82, 2.24) is 8.43 Å². The van der Waals surface area contributed by atoms with Gasteiger partial charge in [-0.2, -0.15) is 3.71 Å². The Labute approximate surface area is 155 Å². The van der Waals surface area contributed by atoms with Crippen LogP contribution in [0.4, 0.5) is 5.69 Å². The van der Waals surface area contributed by atoms with E-state index in [0.717, 1.165) is 22.9 Å². The maximum atomic E-state index is 13.2. The standard InChI is InChI=1S/C15H21N3OS4/c1-17(21)14-8-3-7-13-12(14)6-4-9-15(13)23(2,19)18(22)11-5-10-16-20/h3-4,6-9,16,20-22H,2,5,10-11H2,1H3. The van der Waals surface area contributed by atoms with Gasteiger partial charge in [-0.1, -0.05) is 62.7 Å². The minimum atomic E-state index is -2.69. The van der Waals surface area contributed by atoms with Crippen LogP contribution in [0.5, 0.6) is 0 Å². The Balaban J connectivity index is 2.49. The number of thiol groups is 3. The van der Waals surface area contributed by atoms with Crippen LogP contribution in [0.3, 0.4) is 0 Å². The molecule has 0 bridgehead atoms. The van der Waals surface area contributed by atoms with E-state index in [1.807, 2.05) is 43.4 Å². The third-order valence-corrected chi connectivity index (χ3v) is 6.87. The van der Waals surface area contributed by atoms with E-state index < -0.39 is 9.71 Å². The van der Waals surface area contributed by atoms with Crippen LogP contribution in [0.2, 0.25) is 0 Å². The number of nitrogens with one attached hydrogen (secondary N) is 1. The molecule has 0 spiro atoms. The SMILES string of the molecule is C=S(=O)(c1cccc2c(N(C)S)cccc12)N(S)CCCNS. The summed E-state index contributed by atoms with van der Waals surface area (Å²) in [7, 11) is -0.825. The van der Waals surface area contributed by atoms with Gasteiger partial charge in [0, 0.05) is 30.9 Å². The van der Waals surface area contributed by atoms with E-state index in [0.29, 0.717) is 18.0 Å². The van der Waals surface area contributed by atoms with Gasteiger partial charge in [0.15, 0.2) is 0 Å². The normalized spacial score (nSPS) is 14.1. The van der Waals surface area contributed by atoms with Crippen molar-refractivity contribution in [2.24, 2.45) is 0 Å². The predicted molar refractivity (Wildman–Crippen MR) is 112 cm³/mol.